The minimum atomic E-state index is -4.20. The van der Waals surface area contributed by atoms with Crippen LogP contribution in [-0.2, 0) is 26.0 Å². The van der Waals surface area contributed by atoms with Crippen LogP contribution in [0.2, 0.25) is 10.0 Å². The van der Waals surface area contributed by atoms with Gasteiger partial charge >= 0.3 is 0 Å². The molecule has 0 bridgehead atoms. The molecule has 5 rings (SSSR count). The lowest BCUT2D eigenvalue weighted by Crippen LogP contribution is -2.53. The lowest BCUT2D eigenvalue weighted by atomic mass is 10.0. The van der Waals surface area contributed by atoms with Crippen molar-refractivity contribution in [1.29, 1.82) is 0 Å². The van der Waals surface area contributed by atoms with E-state index >= 15 is 0 Å². The molecule has 1 aliphatic heterocycles. The number of fused-ring (bicyclic) bond motifs is 1. The molecule has 38 heavy (non-hydrogen) atoms. The Labute approximate surface area is 229 Å². The molecule has 1 amide bonds. The Hall–Kier alpha value is -3.15. The minimum absolute atomic E-state index is 0.00401. The summed E-state index contributed by atoms with van der Waals surface area (Å²) in [7, 11) is -4.20. The highest BCUT2D eigenvalue weighted by atomic mass is 35.5. The first kappa shape index (κ1) is 26.5. The number of carbonyl (C=O) groups is 1. The molecule has 2 atom stereocenters. The number of carbonyl (C=O) groups excluding carboxylic acids is 1. The van der Waals surface area contributed by atoms with Gasteiger partial charge in [-0.2, -0.15) is 4.72 Å². The minimum Gasteiger partial charge on any atom is -0.396 e. The van der Waals surface area contributed by atoms with Crippen LogP contribution >= 0.6 is 23.2 Å². The molecule has 1 aromatic heterocycles. The van der Waals surface area contributed by atoms with Crippen molar-refractivity contribution in [3.63, 3.8) is 0 Å². The van der Waals surface area contributed by atoms with Crippen LogP contribution in [0.3, 0.4) is 0 Å². The van der Waals surface area contributed by atoms with E-state index in [9.17, 15) is 13.2 Å². The summed E-state index contributed by atoms with van der Waals surface area (Å²) < 4.78 is 35.3. The summed E-state index contributed by atoms with van der Waals surface area (Å²) in [5.41, 5.74) is 9.10. The van der Waals surface area contributed by atoms with Gasteiger partial charge in [0.25, 0.3) is 0 Å². The van der Waals surface area contributed by atoms with Gasteiger partial charge in [0.15, 0.2) is 0 Å². The molecule has 4 aromatic rings. The van der Waals surface area contributed by atoms with Gasteiger partial charge in [0.2, 0.25) is 15.9 Å². The number of ether oxygens (including phenoxy) is 1. The molecule has 0 aliphatic carbocycles. The Kier molecular flexibility index (Phi) is 7.60. The summed E-state index contributed by atoms with van der Waals surface area (Å²) in [5.74, 6) is -0.366. The molecule has 198 valence electrons. The number of nitrogens with zero attached hydrogens (tertiary/aromatic N) is 2. The van der Waals surface area contributed by atoms with Crippen LogP contribution < -0.4 is 10.5 Å². The summed E-state index contributed by atoms with van der Waals surface area (Å²) in [6.45, 7) is 0.952. The Morgan fingerprint density at radius 3 is 2.63 bits per heavy atom. The van der Waals surface area contributed by atoms with Crippen molar-refractivity contribution < 1.29 is 17.9 Å². The predicted octanol–water partition coefficient (Wildman–Crippen LogP) is 3.94. The number of imidazole rings is 1. The number of sulfonamides is 1. The van der Waals surface area contributed by atoms with E-state index in [1.165, 1.54) is 12.1 Å². The Morgan fingerprint density at radius 1 is 1.16 bits per heavy atom. The van der Waals surface area contributed by atoms with E-state index < -0.39 is 16.1 Å². The monoisotopic (exact) mass is 573 g/mol. The second-order valence-corrected chi connectivity index (χ2v) is 11.5. The number of hydrogen-bond acceptors (Lipinski definition) is 6. The summed E-state index contributed by atoms with van der Waals surface area (Å²) in [6.07, 6.45) is 1.37. The number of anilines is 1. The number of benzene rings is 3. The average molecular weight is 574 g/mol. The topological polar surface area (TPSA) is 130 Å². The van der Waals surface area contributed by atoms with Crippen LogP contribution in [0.15, 0.2) is 71.9 Å². The molecule has 0 spiro atoms. The van der Waals surface area contributed by atoms with Crippen molar-refractivity contribution in [3.8, 4) is 0 Å². The van der Waals surface area contributed by atoms with Crippen LogP contribution in [0.1, 0.15) is 17.2 Å². The van der Waals surface area contributed by atoms with E-state index in [0.717, 1.165) is 22.2 Å². The third-order valence-corrected chi connectivity index (χ3v) is 8.51. The highest BCUT2D eigenvalue weighted by Crippen LogP contribution is 2.31. The van der Waals surface area contributed by atoms with Crippen molar-refractivity contribution in [2.75, 3.05) is 25.4 Å². The lowest BCUT2D eigenvalue weighted by Gasteiger charge is -2.35. The SMILES string of the molecule is Nc1c(Cl)cc(S(=O)(=O)NC(Cc2ccc3nc[nH]c3c2)C(=O)N2CCOC(c3ccccc3)C2)cc1Cl. The van der Waals surface area contributed by atoms with Gasteiger partial charge < -0.3 is 20.4 Å². The zero-order valence-corrected chi connectivity index (χ0v) is 22.4. The fourth-order valence-electron chi connectivity index (χ4n) is 4.44. The molecule has 0 radical (unpaired) electrons. The largest absolute Gasteiger partial charge is 0.396 e. The van der Waals surface area contributed by atoms with Gasteiger partial charge in [-0.05, 0) is 41.8 Å². The maximum Gasteiger partial charge on any atom is 0.241 e. The van der Waals surface area contributed by atoms with Crippen molar-refractivity contribution in [2.45, 2.75) is 23.5 Å². The second-order valence-electron chi connectivity index (χ2n) is 8.99. The number of morpholine rings is 1. The molecule has 1 fully saturated rings. The van der Waals surface area contributed by atoms with Crippen molar-refractivity contribution in [1.82, 2.24) is 19.6 Å². The van der Waals surface area contributed by atoms with E-state index in [1.54, 1.807) is 11.2 Å². The fourth-order valence-corrected chi connectivity index (χ4v) is 6.29. The van der Waals surface area contributed by atoms with Crippen LogP contribution in [0.4, 0.5) is 5.69 Å². The van der Waals surface area contributed by atoms with E-state index in [2.05, 4.69) is 14.7 Å². The number of H-pyrrole nitrogens is 1. The Balaban J connectivity index is 1.45. The molecule has 3 aromatic carbocycles. The van der Waals surface area contributed by atoms with Crippen LogP contribution in [-0.4, -0.2) is 54.9 Å². The highest BCUT2D eigenvalue weighted by molar-refractivity contribution is 7.89. The Bertz CT molecular complexity index is 1560. The van der Waals surface area contributed by atoms with Gasteiger partial charge in [-0.3, -0.25) is 4.79 Å². The lowest BCUT2D eigenvalue weighted by molar-refractivity contribution is -0.140. The number of aromatic nitrogens is 2. The predicted molar refractivity (Wildman–Crippen MR) is 146 cm³/mol. The quantitative estimate of drug-likeness (QED) is 0.287. The summed E-state index contributed by atoms with van der Waals surface area (Å²) >= 11 is 12.2. The molecule has 0 saturated carbocycles. The number of aromatic amines is 1. The van der Waals surface area contributed by atoms with E-state index in [1.807, 2.05) is 48.5 Å². The van der Waals surface area contributed by atoms with E-state index in [4.69, 9.17) is 33.7 Å². The number of nitrogens with one attached hydrogen (secondary N) is 2. The van der Waals surface area contributed by atoms with Gasteiger partial charge in [0, 0.05) is 6.54 Å². The first-order chi connectivity index (χ1) is 18.2. The molecule has 4 N–H and O–H groups in total. The van der Waals surface area contributed by atoms with Gasteiger partial charge in [0.05, 0.1) is 51.1 Å². The van der Waals surface area contributed by atoms with Gasteiger partial charge in [-0.25, -0.2) is 13.4 Å². The number of nitrogen functional groups attached to an aromatic ring is 1. The number of rotatable bonds is 7. The number of hydrogen-bond donors (Lipinski definition) is 3. The third-order valence-electron chi connectivity index (χ3n) is 6.43. The molecule has 2 heterocycles. The highest BCUT2D eigenvalue weighted by Gasteiger charge is 2.33. The molecule has 9 nitrogen and oxygen atoms in total. The normalized spacial score (nSPS) is 17.0. The van der Waals surface area contributed by atoms with Crippen LogP contribution in [0.5, 0.6) is 0 Å². The number of nitrogens with two attached hydrogens (primary N) is 1. The zero-order valence-electron chi connectivity index (χ0n) is 20.1. The summed E-state index contributed by atoms with van der Waals surface area (Å²) in [5, 5.41) is 0.00802. The molecule has 1 aliphatic rings. The first-order valence-electron chi connectivity index (χ1n) is 11.9. The summed E-state index contributed by atoms with van der Waals surface area (Å²) in [6, 6.07) is 16.4. The molecular formula is C26H25Cl2N5O4S. The van der Waals surface area contributed by atoms with E-state index in [0.29, 0.717) is 19.7 Å². The molecule has 12 heteroatoms. The average Bonchev–Trinajstić information content (AvgIpc) is 3.39. The maximum absolute atomic E-state index is 13.8. The first-order valence-corrected chi connectivity index (χ1v) is 14.1. The number of halogens is 2. The van der Waals surface area contributed by atoms with Gasteiger partial charge in [0.1, 0.15) is 12.1 Å². The van der Waals surface area contributed by atoms with Crippen LogP contribution in [0, 0.1) is 0 Å². The van der Waals surface area contributed by atoms with E-state index in [-0.39, 0.29) is 39.1 Å². The number of amides is 1. The van der Waals surface area contributed by atoms with Crippen molar-refractivity contribution in [2.24, 2.45) is 0 Å². The summed E-state index contributed by atoms with van der Waals surface area (Å²) in [4.78, 5) is 22.5. The van der Waals surface area contributed by atoms with Crippen molar-refractivity contribution >= 4 is 55.9 Å². The van der Waals surface area contributed by atoms with Gasteiger partial charge in [-0.15, -0.1) is 0 Å². The smallest absolute Gasteiger partial charge is 0.241 e. The zero-order chi connectivity index (χ0) is 26.9. The second kappa shape index (κ2) is 10.9. The third kappa shape index (κ3) is 5.64. The standard InChI is InChI=1S/C26H25Cl2N5O4S/c27-19-12-18(13-20(28)25(19)29)38(35,36)32-23(11-16-6-7-21-22(10-16)31-15-30-21)26(34)33-8-9-37-24(14-33)17-4-2-1-3-5-17/h1-7,10,12-13,15,23-24,32H,8-9,11,14,29H2,(H,30,31). The van der Waals surface area contributed by atoms with Crippen LogP contribution in [0.25, 0.3) is 11.0 Å². The molecule has 2 unspecified atom stereocenters. The molecule has 1 saturated heterocycles. The van der Waals surface area contributed by atoms with Crippen molar-refractivity contribution in [3.05, 3.63) is 88.2 Å². The molecular weight excluding hydrogens is 549 g/mol. The maximum atomic E-state index is 13.8. The fraction of sp³-hybridized carbons (Fsp3) is 0.231. The van der Waals surface area contributed by atoms with Gasteiger partial charge in [-0.1, -0.05) is 59.6 Å². The Morgan fingerprint density at radius 2 is 1.89 bits per heavy atom.